The maximum Gasteiger partial charge on any atom is 0.397 e. The molecule has 0 rings (SSSR count). The van der Waals surface area contributed by atoms with E-state index in [9.17, 15) is 13.2 Å². The van der Waals surface area contributed by atoms with Crippen LogP contribution in [0.15, 0.2) is 0 Å². The standard InChI is InChI=1S/C26H52O6S/c1-3-4-5-6-7-8-9-10-11-12-13-14-15-16-17-18-19-20-21-22-23-31-26(27)24-25(2)32-33(28,29)30/h25H,3-24H2,1-2H3,(H,28,29,30). The van der Waals surface area contributed by atoms with Gasteiger partial charge in [-0.15, -0.1) is 0 Å². The Morgan fingerprint density at radius 1 is 0.667 bits per heavy atom. The Morgan fingerprint density at radius 3 is 1.33 bits per heavy atom. The van der Waals surface area contributed by atoms with Crippen molar-refractivity contribution in [3.05, 3.63) is 0 Å². The molecule has 0 aliphatic rings. The van der Waals surface area contributed by atoms with Gasteiger partial charge in [-0.25, -0.2) is 4.18 Å². The van der Waals surface area contributed by atoms with Crippen LogP contribution in [0.1, 0.15) is 149 Å². The van der Waals surface area contributed by atoms with Gasteiger partial charge in [-0.05, 0) is 13.3 Å². The van der Waals surface area contributed by atoms with Gasteiger partial charge in [0.25, 0.3) is 0 Å². The van der Waals surface area contributed by atoms with Crippen molar-refractivity contribution in [2.24, 2.45) is 0 Å². The number of carbonyl (C=O) groups is 1. The number of hydrogen-bond acceptors (Lipinski definition) is 5. The number of rotatable bonds is 25. The number of esters is 1. The molecule has 7 heteroatoms. The minimum absolute atomic E-state index is 0.195. The van der Waals surface area contributed by atoms with Crippen LogP contribution in [0.25, 0.3) is 0 Å². The van der Waals surface area contributed by atoms with Crippen LogP contribution in [0.2, 0.25) is 0 Å². The molecule has 0 fully saturated rings. The van der Waals surface area contributed by atoms with Crippen molar-refractivity contribution in [3.8, 4) is 0 Å². The first-order valence-corrected chi connectivity index (χ1v) is 15.0. The molecule has 0 aromatic rings. The molecule has 1 N–H and O–H groups in total. The van der Waals surface area contributed by atoms with Gasteiger partial charge in [0, 0.05) is 0 Å². The SMILES string of the molecule is CCCCCCCCCCCCCCCCCCCCCCOC(=O)CC(C)OS(=O)(=O)O. The Hall–Kier alpha value is -0.660. The first kappa shape index (κ1) is 32.3. The summed E-state index contributed by atoms with van der Waals surface area (Å²) in [7, 11) is -4.53. The molecule has 1 unspecified atom stereocenters. The second-order valence-corrected chi connectivity index (χ2v) is 10.5. The summed E-state index contributed by atoms with van der Waals surface area (Å²) in [4.78, 5) is 11.6. The molecular weight excluding hydrogens is 440 g/mol. The van der Waals surface area contributed by atoms with Gasteiger partial charge >= 0.3 is 16.4 Å². The van der Waals surface area contributed by atoms with E-state index in [1.807, 2.05) is 0 Å². The molecule has 0 saturated carbocycles. The fraction of sp³-hybridized carbons (Fsp3) is 0.962. The van der Waals surface area contributed by atoms with Crippen LogP contribution in [0.3, 0.4) is 0 Å². The molecule has 0 aromatic carbocycles. The maximum absolute atomic E-state index is 11.6. The minimum Gasteiger partial charge on any atom is -0.466 e. The minimum atomic E-state index is -4.53. The number of unbranched alkanes of at least 4 members (excludes halogenated alkanes) is 19. The molecule has 0 bridgehead atoms. The summed E-state index contributed by atoms with van der Waals surface area (Å²) in [5.74, 6) is -0.510. The van der Waals surface area contributed by atoms with E-state index in [2.05, 4.69) is 11.1 Å². The van der Waals surface area contributed by atoms with E-state index >= 15 is 0 Å². The molecule has 6 nitrogen and oxygen atoms in total. The molecule has 0 spiro atoms. The van der Waals surface area contributed by atoms with E-state index in [0.29, 0.717) is 6.61 Å². The molecule has 198 valence electrons. The van der Waals surface area contributed by atoms with Crippen molar-refractivity contribution in [3.63, 3.8) is 0 Å². The average Bonchev–Trinajstić information content (AvgIpc) is 2.73. The van der Waals surface area contributed by atoms with Crippen molar-refractivity contribution in [1.82, 2.24) is 0 Å². The highest BCUT2D eigenvalue weighted by Gasteiger charge is 2.16. The molecule has 0 heterocycles. The third-order valence-electron chi connectivity index (χ3n) is 6.00. The molecule has 0 aliphatic carbocycles. The van der Waals surface area contributed by atoms with Gasteiger partial charge in [0.15, 0.2) is 0 Å². The Kier molecular flexibility index (Phi) is 22.6. The van der Waals surface area contributed by atoms with Crippen molar-refractivity contribution in [2.75, 3.05) is 6.61 Å². The third kappa shape index (κ3) is 27.5. The van der Waals surface area contributed by atoms with Crippen LogP contribution in [-0.2, 0) is 24.1 Å². The summed E-state index contributed by atoms with van der Waals surface area (Å²) < 4.78 is 39.0. The van der Waals surface area contributed by atoms with Gasteiger partial charge in [0.05, 0.1) is 19.1 Å². The zero-order valence-electron chi connectivity index (χ0n) is 21.5. The van der Waals surface area contributed by atoms with Crippen LogP contribution < -0.4 is 0 Å². The van der Waals surface area contributed by atoms with Crippen molar-refractivity contribution in [2.45, 2.75) is 155 Å². The highest BCUT2D eigenvalue weighted by molar-refractivity contribution is 7.80. The lowest BCUT2D eigenvalue weighted by Crippen LogP contribution is -2.20. The first-order valence-electron chi connectivity index (χ1n) is 13.7. The fourth-order valence-electron chi connectivity index (χ4n) is 4.08. The zero-order valence-corrected chi connectivity index (χ0v) is 22.3. The molecule has 0 aromatic heterocycles. The first-order chi connectivity index (χ1) is 15.8. The van der Waals surface area contributed by atoms with Crippen LogP contribution in [0.5, 0.6) is 0 Å². The van der Waals surface area contributed by atoms with E-state index in [1.54, 1.807) is 0 Å². The zero-order chi connectivity index (χ0) is 24.6. The summed E-state index contributed by atoms with van der Waals surface area (Å²) in [6, 6.07) is 0. The quantitative estimate of drug-likeness (QED) is 0.0790. The van der Waals surface area contributed by atoms with E-state index in [1.165, 1.54) is 116 Å². The van der Waals surface area contributed by atoms with Crippen LogP contribution in [-0.4, -0.2) is 31.7 Å². The van der Waals surface area contributed by atoms with Gasteiger partial charge in [0.2, 0.25) is 0 Å². The van der Waals surface area contributed by atoms with Crippen LogP contribution >= 0.6 is 0 Å². The average molecular weight is 493 g/mol. The summed E-state index contributed by atoms with van der Waals surface area (Å²) in [5.41, 5.74) is 0. The third-order valence-corrected chi connectivity index (χ3v) is 6.57. The molecule has 33 heavy (non-hydrogen) atoms. The second-order valence-electron chi connectivity index (χ2n) is 9.48. The van der Waals surface area contributed by atoms with Crippen molar-refractivity contribution in [1.29, 1.82) is 0 Å². The van der Waals surface area contributed by atoms with E-state index < -0.39 is 22.5 Å². The molecule has 0 aliphatic heterocycles. The lowest BCUT2D eigenvalue weighted by Gasteiger charge is -2.09. The highest BCUT2D eigenvalue weighted by Crippen LogP contribution is 2.15. The molecule has 0 radical (unpaired) electrons. The monoisotopic (exact) mass is 492 g/mol. The fourth-order valence-corrected chi connectivity index (χ4v) is 4.56. The van der Waals surface area contributed by atoms with Crippen LogP contribution in [0, 0.1) is 0 Å². The summed E-state index contributed by atoms with van der Waals surface area (Å²) in [6.45, 7) is 4.01. The van der Waals surface area contributed by atoms with Crippen LogP contribution in [0.4, 0.5) is 0 Å². The van der Waals surface area contributed by atoms with Gasteiger partial charge in [-0.2, -0.15) is 8.42 Å². The van der Waals surface area contributed by atoms with Crippen molar-refractivity contribution < 1.29 is 26.7 Å². The summed E-state index contributed by atoms with van der Waals surface area (Å²) >= 11 is 0. The Bertz CT molecular complexity index is 535. The normalized spacial score (nSPS) is 12.7. The molecule has 1 atom stereocenters. The van der Waals surface area contributed by atoms with Crippen molar-refractivity contribution >= 4 is 16.4 Å². The number of hydrogen-bond donors (Lipinski definition) is 1. The molecular formula is C26H52O6S. The Balaban J connectivity index is 3.22. The lowest BCUT2D eigenvalue weighted by atomic mass is 10.0. The maximum atomic E-state index is 11.6. The topological polar surface area (TPSA) is 89.9 Å². The van der Waals surface area contributed by atoms with Gasteiger partial charge in [0.1, 0.15) is 0 Å². The smallest absolute Gasteiger partial charge is 0.397 e. The largest absolute Gasteiger partial charge is 0.466 e. The predicted octanol–water partition coefficient (Wildman–Crippen LogP) is 7.95. The molecule has 0 amide bonds. The van der Waals surface area contributed by atoms with Gasteiger partial charge in [-0.3, -0.25) is 9.35 Å². The Morgan fingerprint density at radius 2 is 1.00 bits per heavy atom. The lowest BCUT2D eigenvalue weighted by molar-refractivity contribution is -0.145. The predicted molar refractivity (Wildman–Crippen MR) is 136 cm³/mol. The molecule has 0 saturated heterocycles. The van der Waals surface area contributed by atoms with E-state index in [0.717, 1.165) is 19.3 Å². The van der Waals surface area contributed by atoms with E-state index in [-0.39, 0.29) is 6.42 Å². The Labute approximate surface area is 204 Å². The second kappa shape index (κ2) is 23.1. The number of carbonyl (C=O) groups excluding carboxylic acids is 1. The van der Waals surface area contributed by atoms with Gasteiger partial charge < -0.3 is 4.74 Å². The highest BCUT2D eigenvalue weighted by atomic mass is 32.3. The van der Waals surface area contributed by atoms with Gasteiger partial charge in [-0.1, -0.05) is 129 Å². The number of ether oxygens (including phenoxy) is 1. The summed E-state index contributed by atoms with van der Waals surface area (Å²) in [6.07, 6.45) is 25.4. The summed E-state index contributed by atoms with van der Waals surface area (Å²) in [5, 5.41) is 0. The van der Waals surface area contributed by atoms with E-state index in [4.69, 9.17) is 9.29 Å².